The molecule has 0 atom stereocenters. The van der Waals surface area contributed by atoms with Crippen molar-refractivity contribution in [1.29, 1.82) is 0 Å². The molecule has 2 heterocycles. The predicted molar refractivity (Wildman–Crippen MR) is 131 cm³/mol. The summed E-state index contributed by atoms with van der Waals surface area (Å²) in [6.45, 7) is 4.06. The molecule has 0 fully saturated rings. The van der Waals surface area contributed by atoms with E-state index in [1.165, 1.54) is 5.56 Å². The minimum absolute atomic E-state index is 0.0954. The van der Waals surface area contributed by atoms with E-state index in [4.69, 9.17) is 14.2 Å². The number of halogens is 1. The zero-order chi connectivity index (χ0) is 22.9. The topological polar surface area (TPSA) is 48.0 Å². The van der Waals surface area contributed by atoms with Gasteiger partial charge in [0.25, 0.3) is 0 Å². The second kappa shape index (κ2) is 9.04. The molecule has 5 rings (SSSR count). The first-order valence-electron chi connectivity index (χ1n) is 10.9. The number of Topliss-reactive ketones (excluding diaryl/α,β-unsaturated/α-hetero) is 1. The third kappa shape index (κ3) is 4.28. The number of allylic oxidation sites excluding steroid dienone is 1. The zero-order valence-electron chi connectivity index (χ0n) is 18.6. The smallest absolute Gasteiger partial charge is 0.231 e. The predicted octanol–water partition coefficient (Wildman–Crippen LogP) is 5.78. The molecule has 5 nitrogen and oxygen atoms in total. The van der Waals surface area contributed by atoms with E-state index >= 15 is 0 Å². The van der Waals surface area contributed by atoms with E-state index < -0.39 is 0 Å². The largest absolute Gasteiger partial charge is 0.497 e. The van der Waals surface area contributed by atoms with Crippen LogP contribution < -0.4 is 14.2 Å². The number of ether oxygens (including phenoxy) is 3. The second-order valence-corrected chi connectivity index (χ2v) is 9.11. The van der Waals surface area contributed by atoms with Crippen LogP contribution in [0.1, 0.15) is 32.6 Å². The van der Waals surface area contributed by atoms with Gasteiger partial charge in [0.05, 0.1) is 12.7 Å². The minimum atomic E-state index is -0.0954. The van der Waals surface area contributed by atoms with Gasteiger partial charge in [-0.05, 0) is 54.8 Å². The molecule has 0 bridgehead atoms. The summed E-state index contributed by atoms with van der Waals surface area (Å²) in [7, 11) is 1.67. The van der Waals surface area contributed by atoms with Crippen LogP contribution in [0.3, 0.4) is 0 Å². The van der Waals surface area contributed by atoms with Crippen LogP contribution in [-0.4, -0.2) is 31.1 Å². The van der Waals surface area contributed by atoms with E-state index in [2.05, 4.69) is 33.0 Å². The normalized spacial score (nSPS) is 16.2. The number of rotatable bonds is 5. The Labute approximate surface area is 201 Å². The van der Waals surface area contributed by atoms with Crippen LogP contribution in [0, 0.1) is 6.92 Å². The molecule has 3 aromatic rings. The lowest BCUT2D eigenvalue weighted by atomic mass is 10.00. The molecule has 0 radical (unpaired) electrons. The highest BCUT2D eigenvalue weighted by Gasteiger charge is 2.33. The first kappa shape index (κ1) is 21.7. The molecule has 0 aliphatic carbocycles. The first-order valence-corrected chi connectivity index (χ1v) is 11.7. The van der Waals surface area contributed by atoms with Crippen molar-refractivity contribution in [1.82, 2.24) is 4.90 Å². The third-order valence-corrected chi connectivity index (χ3v) is 6.79. The lowest BCUT2D eigenvalue weighted by Crippen LogP contribution is -2.34. The molecule has 0 saturated carbocycles. The average molecular weight is 506 g/mol. The summed E-state index contributed by atoms with van der Waals surface area (Å²) in [5.74, 6) is 2.52. The van der Waals surface area contributed by atoms with Gasteiger partial charge in [-0.1, -0.05) is 46.3 Å². The molecule has 2 aliphatic heterocycles. The Hall–Kier alpha value is -3.09. The molecular weight excluding hydrogens is 482 g/mol. The fourth-order valence-corrected chi connectivity index (χ4v) is 4.65. The van der Waals surface area contributed by atoms with Crippen LogP contribution in [0.15, 0.2) is 64.8 Å². The van der Waals surface area contributed by atoms with Gasteiger partial charge < -0.3 is 14.2 Å². The molecule has 33 heavy (non-hydrogen) atoms. The number of carbonyl (C=O) groups is 1. The zero-order valence-corrected chi connectivity index (χ0v) is 20.1. The Bertz CT molecular complexity index is 1250. The van der Waals surface area contributed by atoms with Crippen LogP contribution in [0.5, 0.6) is 17.2 Å². The standard InChI is InChI=1S/C27H24BrNO4/c1-17-26-20(15-29(16-32-26)12-11-18-7-9-21(31-2)10-8-18)13-22-25(30)24(33-27(17)22)14-19-5-3-4-6-23(19)28/h3-10,13-14H,11-12,15-16H2,1-2H3/b24-14-. The Morgan fingerprint density at radius 2 is 1.91 bits per heavy atom. The quantitative estimate of drug-likeness (QED) is 0.411. The highest BCUT2D eigenvalue weighted by molar-refractivity contribution is 9.10. The second-order valence-electron chi connectivity index (χ2n) is 8.25. The van der Waals surface area contributed by atoms with E-state index in [-0.39, 0.29) is 5.78 Å². The Balaban J connectivity index is 1.34. The summed E-state index contributed by atoms with van der Waals surface area (Å²) in [5, 5.41) is 0. The number of hydrogen-bond donors (Lipinski definition) is 0. The van der Waals surface area contributed by atoms with Gasteiger partial charge in [-0.25, -0.2) is 0 Å². The summed E-state index contributed by atoms with van der Waals surface area (Å²) < 4.78 is 18.3. The highest BCUT2D eigenvalue weighted by atomic mass is 79.9. The van der Waals surface area contributed by atoms with Gasteiger partial charge in [0.2, 0.25) is 5.78 Å². The maximum atomic E-state index is 13.1. The third-order valence-electron chi connectivity index (χ3n) is 6.07. The lowest BCUT2D eigenvalue weighted by molar-refractivity contribution is 0.0954. The summed E-state index contributed by atoms with van der Waals surface area (Å²) in [5.41, 5.74) is 4.65. The fourth-order valence-electron chi connectivity index (χ4n) is 4.25. The number of carbonyl (C=O) groups excluding carboxylic acids is 1. The molecule has 2 aliphatic rings. The monoisotopic (exact) mass is 505 g/mol. The number of ketones is 1. The number of hydrogen-bond acceptors (Lipinski definition) is 5. The van der Waals surface area contributed by atoms with Crippen LogP contribution >= 0.6 is 15.9 Å². The van der Waals surface area contributed by atoms with E-state index in [0.29, 0.717) is 23.8 Å². The summed E-state index contributed by atoms with van der Waals surface area (Å²) >= 11 is 3.53. The molecule has 0 N–H and O–H groups in total. The van der Waals surface area contributed by atoms with Gasteiger partial charge in [-0.2, -0.15) is 0 Å². The average Bonchev–Trinajstić information content (AvgIpc) is 3.15. The number of fused-ring (bicyclic) bond motifs is 2. The van der Waals surface area contributed by atoms with Crippen molar-refractivity contribution >= 4 is 27.8 Å². The van der Waals surface area contributed by atoms with Crippen molar-refractivity contribution in [2.75, 3.05) is 20.4 Å². The molecule has 6 heteroatoms. The molecule has 0 aromatic heterocycles. The molecule has 0 amide bonds. The van der Waals surface area contributed by atoms with Crippen LogP contribution in [0.2, 0.25) is 0 Å². The van der Waals surface area contributed by atoms with Crippen LogP contribution in [-0.2, 0) is 13.0 Å². The SMILES string of the molecule is COc1ccc(CCN2COc3c(cc4c(c3C)O/C(=C\c3ccccc3Br)C4=O)C2)cc1. The van der Waals surface area contributed by atoms with Gasteiger partial charge >= 0.3 is 0 Å². The van der Waals surface area contributed by atoms with Gasteiger partial charge in [-0.15, -0.1) is 0 Å². The van der Waals surface area contributed by atoms with Crippen molar-refractivity contribution in [2.24, 2.45) is 0 Å². The Morgan fingerprint density at radius 3 is 2.67 bits per heavy atom. The number of methoxy groups -OCH3 is 1. The van der Waals surface area contributed by atoms with Gasteiger partial charge in [-0.3, -0.25) is 9.69 Å². The molecule has 0 saturated heterocycles. The molecule has 0 spiro atoms. The van der Waals surface area contributed by atoms with Crippen molar-refractivity contribution in [2.45, 2.75) is 19.9 Å². The minimum Gasteiger partial charge on any atom is -0.497 e. The highest BCUT2D eigenvalue weighted by Crippen LogP contribution is 2.43. The maximum Gasteiger partial charge on any atom is 0.231 e. The van der Waals surface area contributed by atoms with E-state index in [1.807, 2.05) is 49.4 Å². The summed E-state index contributed by atoms with van der Waals surface area (Å²) in [6, 6.07) is 17.8. The van der Waals surface area contributed by atoms with Gasteiger partial charge in [0, 0.05) is 28.7 Å². The van der Waals surface area contributed by atoms with Crippen molar-refractivity contribution in [3.8, 4) is 17.2 Å². The van der Waals surface area contributed by atoms with Crippen LogP contribution in [0.25, 0.3) is 6.08 Å². The van der Waals surface area contributed by atoms with Crippen molar-refractivity contribution in [3.05, 3.63) is 92.6 Å². The fraction of sp³-hybridized carbons (Fsp3) is 0.222. The van der Waals surface area contributed by atoms with Gasteiger partial charge in [0.15, 0.2) is 5.76 Å². The summed E-state index contributed by atoms with van der Waals surface area (Å²) in [6.07, 6.45) is 2.69. The molecular formula is C27H24BrNO4. The maximum absolute atomic E-state index is 13.1. The van der Waals surface area contributed by atoms with Crippen molar-refractivity contribution in [3.63, 3.8) is 0 Å². The van der Waals surface area contributed by atoms with Crippen molar-refractivity contribution < 1.29 is 19.0 Å². The Kier molecular flexibility index (Phi) is 5.96. The number of nitrogens with zero attached hydrogens (tertiary/aromatic N) is 1. The molecule has 0 unspecified atom stereocenters. The summed E-state index contributed by atoms with van der Waals surface area (Å²) in [4.78, 5) is 15.4. The van der Waals surface area contributed by atoms with E-state index in [1.54, 1.807) is 13.2 Å². The Morgan fingerprint density at radius 1 is 1.12 bits per heavy atom. The van der Waals surface area contributed by atoms with Crippen LogP contribution in [0.4, 0.5) is 0 Å². The van der Waals surface area contributed by atoms with Gasteiger partial charge in [0.1, 0.15) is 24.0 Å². The van der Waals surface area contributed by atoms with E-state index in [0.717, 1.165) is 52.2 Å². The first-order chi connectivity index (χ1) is 16.0. The lowest BCUT2D eigenvalue weighted by Gasteiger charge is -2.30. The van der Waals surface area contributed by atoms with E-state index in [9.17, 15) is 4.79 Å². The molecule has 3 aromatic carbocycles. The molecule has 168 valence electrons. The number of benzene rings is 3.